The maximum Gasteiger partial charge on any atom is 0.256 e. The molecule has 2 aliphatic rings. The Balaban J connectivity index is 1.51. The highest BCUT2D eigenvalue weighted by Gasteiger charge is 2.36. The summed E-state index contributed by atoms with van der Waals surface area (Å²) in [5.74, 6) is 0.0842. The summed E-state index contributed by atoms with van der Waals surface area (Å²) in [5.41, 5.74) is 2.48. The zero-order chi connectivity index (χ0) is 23.5. The molecule has 8 heteroatoms. The smallest absolute Gasteiger partial charge is 0.256 e. The highest BCUT2D eigenvalue weighted by Crippen LogP contribution is 2.34. The second-order valence-corrected chi connectivity index (χ2v) is 8.43. The minimum absolute atomic E-state index is 0.0599. The highest BCUT2D eigenvalue weighted by molar-refractivity contribution is 6.08. The second kappa shape index (κ2) is 9.52. The van der Waals surface area contributed by atoms with E-state index in [1.165, 1.54) is 7.11 Å². The van der Waals surface area contributed by atoms with Gasteiger partial charge in [-0.05, 0) is 43.5 Å². The number of aryl methyl sites for hydroxylation is 1. The molecule has 8 nitrogen and oxygen atoms in total. The van der Waals surface area contributed by atoms with Gasteiger partial charge in [0.25, 0.3) is 5.91 Å². The molecule has 4 rings (SSSR count). The average molecular weight is 452 g/mol. The molecule has 2 aromatic rings. The number of hydrogen-bond acceptors (Lipinski definition) is 5. The van der Waals surface area contributed by atoms with Crippen molar-refractivity contribution in [3.8, 4) is 11.5 Å². The fraction of sp³-hybridized carbons (Fsp3) is 0.400. The van der Waals surface area contributed by atoms with Crippen LogP contribution in [0, 0.1) is 12.8 Å². The van der Waals surface area contributed by atoms with Crippen molar-refractivity contribution in [1.82, 2.24) is 4.90 Å². The van der Waals surface area contributed by atoms with Crippen LogP contribution in [-0.2, 0) is 9.59 Å². The van der Waals surface area contributed by atoms with Gasteiger partial charge in [-0.1, -0.05) is 12.1 Å². The van der Waals surface area contributed by atoms with Crippen LogP contribution >= 0.6 is 0 Å². The van der Waals surface area contributed by atoms with Gasteiger partial charge in [0.15, 0.2) is 11.5 Å². The molecule has 1 N–H and O–H groups in total. The summed E-state index contributed by atoms with van der Waals surface area (Å²) < 4.78 is 10.6. The monoisotopic (exact) mass is 451 g/mol. The molecular weight excluding hydrogens is 422 g/mol. The molecule has 0 saturated carbocycles. The molecule has 2 heterocycles. The predicted molar refractivity (Wildman–Crippen MR) is 125 cm³/mol. The number of benzene rings is 2. The number of likely N-dealkylation sites (tertiary alicyclic amines) is 1. The van der Waals surface area contributed by atoms with Crippen molar-refractivity contribution >= 4 is 29.1 Å². The Bertz CT molecular complexity index is 1080. The van der Waals surface area contributed by atoms with Crippen LogP contribution in [-0.4, -0.2) is 56.5 Å². The van der Waals surface area contributed by atoms with Crippen molar-refractivity contribution in [3.05, 3.63) is 47.5 Å². The van der Waals surface area contributed by atoms with Gasteiger partial charge in [-0.3, -0.25) is 14.4 Å². The van der Waals surface area contributed by atoms with E-state index in [2.05, 4.69) is 5.32 Å². The van der Waals surface area contributed by atoms with Crippen molar-refractivity contribution in [3.63, 3.8) is 0 Å². The Morgan fingerprint density at radius 3 is 2.45 bits per heavy atom. The zero-order valence-corrected chi connectivity index (χ0v) is 19.2. The summed E-state index contributed by atoms with van der Waals surface area (Å²) in [7, 11) is 3.08. The second-order valence-electron chi connectivity index (χ2n) is 8.43. The number of carbonyl (C=O) groups excluding carboxylic acids is 3. The standard InChI is InChI=1S/C25H29N3O5/c1-16-7-6-8-19(23(16)25(31)27-11-4-5-12-27)26-24(30)17-13-22(29)28(15-17)18-9-10-20(32-2)21(14-18)33-3/h6-10,14,17H,4-5,11-13,15H2,1-3H3,(H,26,30). The molecule has 33 heavy (non-hydrogen) atoms. The molecule has 0 bridgehead atoms. The number of rotatable bonds is 6. The first-order valence-corrected chi connectivity index (χ1v) is 11.1. The molecule has 1 unspecified atom stereocenters. The Morgan fingerprint density at radius 2 is 1.76 bits per heavy atom. The first-order valence-electron chi connectivity index (χ1n) is 11.1. The number of anilines is 2. The van der Waals surface area contributed by atoms with Crippen LogP contribution in [0.25, 0.3) is 0 Å². The van der Waals surface area contributed by atoms with Crippen molar-refractivity contribution in [1.29, 1.82) is 0 Å². The van der Waals surface area contributed by atoms with Gasteiger partial charge in [-0.2, -0.15) is 0 Å². The fourth-order valence-corrected chi connectivity index (χ4v) is 4.49. The van der Waals surface area contributed by atoms with Gasteiger partial charge in [0, 0.05) is 37.8 Å². The van der Waals surface area contributed by atoms with Crippen LogP contribution in [0.3, 0.4) is 0 Å². The summed E-state index contributed by atoms with van der Waals surface area (Å²) >= 11 is 0. The molecule has 0 radical (unpaired) electrons. The normalized spacial score (nSPS) is 17.9. The van der Waals surface area contributed by atoms with E-state index in [1.54, 1.807) is 36.3 Å². The van der Waals surface area contributed by atoms with Gasteiger partial charge in [0.1, 0.15) is 0 Å². The van der Waals surface area contributed by atoms with Gasteiger partial charge in [-0.25, -0.2) is 0 Å². The minimum atomic E-state index is -0.527. The van der Waals surface area contributed by atoms with Crippen LogP contribution in [0.5, 0.6) is 11.5 Å². The molecular formula is C25H29N3O5. The number of carbonyl (C=O) groups is 3. The molecule has 0 aromatic heterocycles. The van der Waals surface area contributed by atoms with Crippen molar-refractivity contribution < 1.29 is 23.9 Å². The Kier molecular flexibility index (Phi) is 6.53. The summed E-state index contributed by atoms with van der Waals surface area (Å²) in [6.45, 7) is 3.59. The number of amides is 3. The molecule has 1 atom stereocenters. The van der Waals surface area contributed by atoms with Crippen LogP contribution < -0.4 is 19.7 Å². The van der Waals surface area contributed by atoms with E-state index in [-0.39, 0.29) is 30.7 Å². The van der Waals surface area contributed by atoms with E-state index < -0.39 is 5.92 Å². The summed E-state index contributed by atoms with van der Waals surface area (Å²) in [4.78, 5) is 42.3. The van der Waals surface area contributed by atoms with E-state index in [4.69, 9.17) is 9.47 Å². The third kappa shape index (κ3) is 4.51. The number of nitrogens with one attached hydrogen (secondary N) is 1. The van der Waals surface area contributed by atoms with Crippen molar-refractivity contribution in [2.75, 3.05) is 44.1 Å². The van der Waals surface area contributed by atoms with Gasteiger partial charge in [0.2, 0.25) is 11.8 Å². The molecule has 2 aliphatic heterocycles. The van der Waals surface area contributed by atoms with Crippen molar-refractivity contribution in [2.45, 2.75) is 26.2 Å². The molecule has 0 spiro atoms. The number of nitrogens with zero attached hydrogens (tertiary/aromatic N) is 2. The van der Waals surface area contributed by atoms with Crippen LogP contribution in [0.15, 0.2) is 36.4 Å². The Hall–Kier alpha value is -3.55. The van der Waals surface area contributed by atoms with Crippen LogP contribution in [0.4, 0.5) is 11.4 Å². The Morgan fingerprint density at radius 1 is 1.03 bits per heavy atom. The molecule has 174 valence electrons. The number of hydrogen-bond donors (Lipinski definition) is 1. The van der Waals surface area contributed by atoms with E-state index >= 15 is 0 Å². The maximum atomic E-state index is 13.1. The SMILES string of the molecule is COc1ccc(N2CC(C(=O)Nc3cccc(C)c3C(=O)N3CCCC3)CC2=O)cc1OC. The molecule has 2 fully saturated rings. The predicted octanol–water partition coefficient (Wildman–Crippen LogP) is 3.24. The lowest BCUT2D eigenvalue weighted by molar-refractivity contribution is -0.122. The highest BCUT2D eigenvalue weighted by atomic mass is 16.5. The fourth-order valence-electron chi connectivity index (χ4n) is 4.49. The van der Waals surface area contributed by atoms with Crippen LogP contribution in [0.2, 0.25) is 0 Å². The molecule has 2 saturated heterocycles. The van der Waals surface area contributed by atoms with Crippen molar-refractivity contribution in [2.24, 2.45) is 5.92 Å². The lowest BCUT2D eigenvalue weighted by atomic mass is 10.0. The van der Waals surface area contributed by atoms with Crippen LogP contribution in [0.1, 0.15) is 35.2 Å². The number of methoxy groups -OCH3 is 2. The first-order chi connectivity index (χ1) is 15.9. The zero-order valence-electron chi connectivity index (χ0n) is 19.2. The van der Waals surface area contributed by atoms with E-state index in [9.17, 15) is 14.4 Å². The first kappa shape index (κ1) is 22.6. The maximum absolute atomic E-state index is 13.1. The lowest BCUT2D eigenvalue weighted by Crippen LogP contribution is -2.31. The molecule has 0 aliphatic carbocycles. The average Bonchev–Trinajstić information content (AvgIpc) is 3.48. The molecule has 2 aromatic carbocycles. The van der Waals surface area contributed by atoms with Gasteiger partial charge >= 0.3 is 0 Å². The summed E-state index contributed by atoms with van der Waals surface area (Å²) in [5, 5.41) is 2.92. The summed E-state index contributed by atoms with van der Waals surface area (Å²) in [6, 6.07) is 10.7. The topological polar surface area (TPSA) is 88.2 Å². The van der Waals surface area contributed by atoms with E-state index in [1.807, 2.05) is 24.0 Å². The third-order valence-electron chi connectivity index (χ3n) is 6.31. The third-order valence-corrected chi connectivity index (χ3v) is 6.31. The lowest BCUT2D eigenvalue weighted by Gasteiger charge is -2.21. The molecule has 3 amide bonds. The van der Waals surface area contributed by atoms with Gasteiger partial charge < -0.3 is 24.6 Å². The van der Waals surface area contributed by atoms with Gasteiger partial charge in [-0.15, -0.1) is 0 Å². The van der Waals surface area contributed by atoms with Gasteiger partial charge in [0.05, 0.1) is 31.4 Å². The van der Waals surface area contributed by atoms with E-state index in [0.717, 1.165) is 31.5 Å². The largest absolute Gasteiger partial charge is 0.493 e. The van der Waals surface area contributed by atoms with E-state index in [0.29, 0.717) is 28.4 Å². The quantitative estimate of drug-likeness (QED) is 0.729. The summed E-state index contributed by atoms with van der Waals surface area (Å²) in [6.07, 6.45) is 2.09. The minimum Gasteiger partial charge on any atom is -0.493 e. The Labute approximate surface area is 193 Å². The number of ether oxygens (including phenoxy) is 2.